The second-order valence-corrected chi connectivity index (χ2v) is 18.9. The first kappa shape index (κ1) is 55.0. The highest BCUT2D eigenvalue weighted by molar-refractivity contribution is 7.47. The summed E-state index contributed by atoms with van der Waals surface area (Å²) in [6.45, 7) is 4.75. The third kappa shape index (κ3) is 41.2. The van der Waals surface area contributed by atoms with Crippen LogP contribution in [0.25, 0.3) is 0 Å². The van der Waals surface area contributed by atoms with Crippen LogP contribution in [0.3, 0.4) is 0 Å². The summed E-state index contributed by atoms with van der Waals surface area (Å²) >= 11 is 0. The minimum Gasteiger partial charge on any atom is -0.387 e. The minimum atomic E-state index is -4.34. The molecule has 0 saturated heterocycles. The Kier molecular flexibility index (Phi) is 38.7. The Morgan fingerprint density at radius 3 is 1.43 bits per heavy atom. The van der Waals surface area contributed by atoms with E-state index >= 15 is 0 Å². The summed E-state index contributed by atoms with van der Waals surface area (Å²) < 4.78 is 23.5. The quantitative estimate of drug-likeness (QED) is 0.0245. The number of aliphatic hydroxyl groups is 1. The molecule has 0 bridgehead atoms. The highest BCUT2D eigenvalue weighted by atomic mass is 31.2. The topological polar surface area (TPSA) is 105 Å². The van der Waals surface area contributed by atoms with Crippen LogP contribution in [-0.2, 0) is 18.4 Å². The Morgan fingerprint density at radius 2 is 0.982 bits per heavy atom. The van der Waals surface area contributed by atoms with Crippen molar-refractivity contribution in [1.82, 2.24) is 5.32 Å². The number of aliphatic hydroxyl groups excluding tert-OH is 1. The van der Waals surface area contributed by atoms with Gasteiger partial charge in [-0.05, 0) is 32.1 Å². The maximum Gasteiger partial charge on any atom is 0.472 e. The molecule has 0 aromatic heterocycles. The van der Waals surface area contributed by atoms with Crippen LogP contribution in [0.2, 0.25) is 0 Å². The van der Waals surface area contributed by atoms with E-state index in [1.165, 1.54) is 161 Å². The second-order valence-electron chi connectivity index (χ2n) is 17.5. The van der Waals surface area contributed by atoms with E-state index in [2.05, 4.69) is 31.3 Å². The Bertz CT molecular complexity index is 969. The number of amides is 1. The molecule has 1 amide bonds. The standard InChI is InChI=1S/C47H93N2O6P/c1-6-8-10-12-14-16-17-18-19-20-21-22-23-24-25-26-27-28-29-30-31-33-35-37-39-41-47(51)48-45(44-55-56(52,53)54-43-42-49(3,4)5)46(50)40-38-36-34-32-15-13-11-9-7-2/h15,32,38,40,45-46,50H,6-14,16-31,33-37,39,41-44H2,1-5H3,(H-,48,51,52,53)/p+1/b32-15+,40-38+. The summed E-state index contributed by atoms with van der Waals surface area (Å²) in [6.07, 6.45) is 47.1. The van der Waals surface area contributed by atoms with Crippen LogP contribution in [0.4, 0.5) is 0 Å². The van der Waals surface area contributed by atoms with E-state index in [0.717, 1.165) is 38.5 Å². The average Bonchev–Trinajstić information content (AvgIpc) is 3.15. The number of nitrogens with one attached hydrogen (secondary N) is 1. The molecule has 56 heavy (non-hydrogen) atoms. The summed E-state index contributed by atoms with van der Waals surface area (Å²) in [6, 6.07) is -0.856. The molecule has 3 unspecified atom stereocenters. The van der Waals surface area contributed by atoms with Crippen molar-refractivity contribution >= 4 is 13.7 Å². The molecule has 0 aliphatic rings. The van der Waals surface area contributed by atoms with Crippen molar-refractivity contribution in [3.63, 3.8) is 0 Å². The SMILES string of the molecule is CCCCC/C=C/CC/C=C/C(O)C(COP(=O)(O)OCC[N+](C)(C)C)NC(=O)CCCCCCCCCCCCCCCCCCCCCCCCCCC. The van der Waals surface area contributed by atoms with Crippen molar-refractivity contribution in [1.29, 1.82) is 0 Å². The molecule has 0 spiro atoms. The number of unbranched alkanes of at least 4 members (excludes halogenated alkanes) is 28. The molecule has 0 rings (SSSR count). The molecule has 0 aliphatic carbocycles. The lowest BCUT2D eigenvalue weighted by molar-refractivity contribution is -0.870. The molecule has 0 aromatic carbocycles. The van der Waals surface area contributed by atoms with E-state index in [0.29, 0.717) is 17.4 Å². The van der Waals surface area contributed by atoms with Gasteiger partial charge in [0.1, 0.15) is 13.2 Å². The Hall–Kier alpha value is -1.02. The van der Waals surface area contributed by atoms with Crippen LogP contribution in [0, 0.1) is 0 Å². The molecule has 9 heteroatoms. The molecule has 3 N–H and O–H groups in total. The van der Waals surface area contributed by atoms with Gasteiger partial charge >= 0.3 is 7.82 Å². The van der Waals surface area contributed by atoms with E-state index in [-0.39, 0.29) is 19.1 Å². The number of rotatable bonds is 43. The van der Waals surface area contributed by atoms with Crippen molar-refractivity contribution < 1.29 is 32.9 Å². The van der Waals surface area contributed by atoms with Gasteiger partial charge in [0.25, 0.3) is 0 Å². The number of hydrogen-bond acceptors (Lipinski definition) is 5. The van der Waals surface area contributed by atoms with Gasteiger partial charge in [0, 0.05) is 6.42 Å². The molecule has 0 fully saturated rings. The van der Waals surface area contributed by atoms with Gasteiger partial charge in [-0.2, -0.15) is 0 Å². The number of quaternary nitrogens is 1. The zero-order valence-electron chi connectivity index (χ0n) is 37.6. The first-order valence-corrected chi connectivity index (χ1v) is 25.2. The maximum absolute atomic E-state index is 12.8. The highest BCUT2D eigenvalue weighted by Crippen LogP contribution is 2.43. The predicted octanol–water partition coefficient (Wildman–Crippen LogP) is 13.3. The molecule has 0 aromatic rings. The van der Waals surface area contributed by atoms with Gasteiger partial charge < -0.3 is 19.8 Å². The summed E-state index contributed by atoms with van der Waals surface area (Å²) in [7, 11) is 1.56. The number of phosphoric ester groups is 1. The van der Waals surface area contributed by atoms with Crippen molar-refractivity contribution in [3.8, 4) is 0 Å². The van der Waals surface area contributed by atoms with Gasteiger partial charge in [0.15, 0.2) is 0 Å². The second kappa shape index (κ2) is 39.4. The molecule has 0 heterocycles. The fourth-order valence-electron chi connectivity index (χ4n) is 6.88. The Morgan fingerprint density at radius 1 is 0.589 bits per heavy atom. The van der Waals surface area contributed by atoms with Crippen molar-refractivity contribution in [2.75, 3.05) is 40.9 Å². The van der Waals surface area contributed by atoms with Crippen LogP contribution in [0.5, 0.6) is 0 Å². The lowest BCUT2D eigenvalue weighted by Gasteiger charge is -2.25. The average molecular weight is 814 g/mol. The third-order valence-electron chi connectivity index (χ3n) is 10.7. The number of phosphoric acid groups is 1. The van der Waals surface area contributed by atoms with Gasteiger partial charge in [-0.15, -0.1) is 0 Å². The van der Waals surface area contributed by atoms with Crippen LogP contribution < -0.4 is 5.32 Å². The predicted molar refractivity (Wildman–Crippen MR) is 240 cm³/mol. The lowest BCUT2D eigenvalue weighted by Crippen LogP contribution is -2.45. The molecular formula is C47H94N2O6P+. The van der Waals surface area contributed by atoms with Crippen molar-refractivity contribution in [2.24, 2.45) is 0 Å². The number of allylic oxidation sites excluding steroid dienone is 3. The first-order chi connectivity index (χ1) is 27.0. The summed E-state index contributed by atoms with van der Waals surface area (Å²) in [5.74, 6) is -0.186. The molecule has 0 radical (unpaired) electrons. The first-order valence-electron chi connectivity index (χ1n) is 23.7. The van der Waals surface area contributed by atoms with E-state index < -0.39 is 20.0 Å². The number of likely N-dealkylation sites (N-methyl/N-ethyl adjacent to an activating group) is 1. The lowest BCUT2D eigenvalue weighted by atomic mass is 10.0. The number of carbonyl (C=O) groups is 1. The molecule has 332 valence electrons. The van der Waals surface area contributed by atoms with Gasteiger partial charge in [-0.3, -0.25) is 13.8 Å². The van der Waals surface area contributed by atoms with E-state index in [4.69, 9.17) is 9.05 Å². The van der Waals surface area contributed by atoms with E-state index in [1.807, 2.05) is 27.2 Å². The molecule has 8 nitrogen and oxygen atoms in total. The van der Waals surface area contributed by atoms with Gasteiger partial charge in [0.2, 0.25) is 5.91 Å². The number of nitrogens with zero attached hydrogens (tertiary/aromatic N) is 1. The summed E-state index contributed by atoms with van der Waals surface area (Å²) in [5, 5.41) is 13.7. The Balaban J connectivity index is 4.10. The molecule has 3 atom stereocenters. The highest BCUT2D eigenvalue weighted by Gasteiger charge is 2.27. The van der Waals surface area contributed by atoms with Crippen LogP contribution >= 0.6 is 7.82 Å². The van der Waals surface area contributed by atoms with E-state index in [9.17, 15) is 19.4 Å². The van der Waals surface area contributed by atoms with Gasteiger partial charge in [0.05, 0.1) is 39.9 Å². The number of hydrogen-bond donors (Lipinski definition) is 3. The van der Waals surface area contributed by atoms with Crippen LogP contribution in [-0.4, -0.2) is 73.4 Å². The maximum atomic E-state index is 12.8. The fraction of sp³-hybridized carbons (Fsp3) is 0.894. The van der Waals surface area contributed by atoms with Gasteiger partial charge in [-0.1, -0.05) is 205 Å². The summed E-state index contributed by atoms with van der Waals surface area (Å²) in [5.41, 5.74) is 0. The fourth-order valence-corrected chi connectivity index (χ4v) is 7.62. The molecule has 0 saturated carbocycles. The largest absolute Gasteiger partial charge is 0.472 e. The van der Waals surface area contributed by atoms with E-state index in [1.54, 1.807) is 6.08 Å². The zero-order valence-corrected chi connectivity index (χ0v) is 38.5. The van der Waals surface area contributed by atoms with Crippen molar-refractivity contribution in [3.05, 3.63) is 24.3 Å². The van der Waals surface area contributed by atoms with Gasteiger partial charge in [-0.25, -0.2) is 4.57 Å². The molecular weight excluding hydrogens is 719 g/mol. The zero-order chi connectivity index (χ0) is 41.4. The normalized spacial score (nSPS) is 14.5. The Labute approximate surface area is 347 Å². The van der Waals surface area contributed by atoms with Crippen molar-refractivity contribution in [2.45, 2.75) is 231 Å². The monoisotopic (exact) mass is 814 g/mol. The minimum absolute atomic E-state index is 0.0578. The smallest absolute Gasteiger partial charge is 0.387 e. The number of carbonyl (C=O) groups excluding carboxylic acids is 1. The van der Waals surface area contributed by atoms with Crippen LogP contribution in [0.15, 0.2) is 24.3 Å². The molecule has 0 aliphatic heterocycles. The summed E-state index contributed by atoms with van der Waals surface area (Å²) in [4.78, 5) is 23.1. The van der Waals surface area contributed by atoms with Crippen LogP contribution in [0.1, 0.15) is 219 Å². The third-order valence-corrected chi connectivity index (χ3v) is 11.7.